The maximum atomic E-state index is 13.1. The molecule has 18 nitrogen and oxygen atoms in total. The maximum Gasteiger partial charge on any atom is 0.237 e. The molecule has 0 bridgehead atoms. The largest absolute Gasteiger partial charge is 0.497 e. The third kappa shape index (κ3) is 15.8. The van der Waals surface area contributed by atoms with Gasteiger partial charge in [-0.25, -0.2) is 19.9 Å². The number of carbonyl (C=O) groups is 4. The van der Waals surface area contributed by atoms with E-state index in [0.29, 0.717) is 48.8 Å². The zero-order valence-corrected chi connectivity index (χ0v) is 63.3. The molecule has 0 fully saturated rings. The number of rotatable bonds is 10. The minimum Gasteiger partial charge on any atom is -0.497 e. The first-order valence-corrected chi connectivity index (χ1v) is 31.1. The molecule has 0 aliphatic carbocycles. The van der Waals surface area contributed by atoms with E-state index < -0.39 is 21.7 Å². The molecule has 0 spiro atoms. The number of methoxy groups -OCH3 is 2. The summed E-state index contributed by atoms with van der Waals surface area (Å²) in [5.74, 6) is 6.81. The predicted molar refractivity (Wildman–Crippen MR) is 365 cm³/mol. The van der Waals surface area contributed by atoms with E-state index in [1.54, 1.807) is 59.1 Å². The van der Waals surface area contributed by atoms with E-state index in [2.05, 4.69) is 38.2 Å². The number of nitrogens with zero attached hydrogens (tertiary/aromatic N) is 7. The van der Waals surface area contributed by atoms with Crippen molar-refractivity contribution in [3.05, 3.63) is 222 Å². The number of hydrogen-bond acceptors (Lipinski definition) is 14. The van der Waals surface area contributed by atoms with Crippen molar-refractivity contribution < 1.29 is 112 Å². The van der Waals surface area contributed by atoms with E-state index in [1.165, 1.54) is 0 Å². The van der Waals surface area contributed by atoms with Crippen LogP contribution in [0.2, 0.25) is 0 Å². The smallest absolute Gasteiger partial charge is 0.237 e. The van der Waals surface area contributed by atoms with Crippen molar-refractivity contribution in [2.24, 2.45) is 0 Å². The summed E-state index contributed by atoms with van der Waals surface area (Å²) in [6, 6.07) is 42.4. The number of hydrogen-bond donors (Lipinski definition) is 1. The second-order valence-corrected chi connectivity index (χ2v) is 24.9. The molecule has 0 saturated heterocycles. The minimum atomic E-state index is -0.558. The molecule has 10 aromatic rings. The van der Waals surface area contributed by atoms with Gasteiger partial charge < -0.3 is 54.1 Å². The summed E-state index contributed by atoms with van der Waals surface area (Å²) in [5, 5.41) is 2.90. The quantitative estimate of drug-likeness (QED) is 0.126. The van der Waals surface area contributed by atoms with Crippen molar-refractivity contribution in [2.75, 3.05) is 40.8 Å². The molecule has 494 valence electrons. The monoisotopic (exact) mass is 1440 g/mol. The Morgan fingerprint density at radius 3 is 1.26 bits per heavy atom. The maximum absolute atomic E-state index is 13.1. The van der Waals surface area contributed by atoms with E-state index >= 15 is 0 Å². The number of benzene rings is 6. The zero-order chi connectivity index (χ0) is 68.0. The van der Waals surface area contributed by atoms with Gasteiger partial charge in [-0.2, -0.15) is 31.2 Å². The van der Waals surface area contributed by atoms with Crippen LogP contribution in [0.1, 0.15) is 126 Å². The third-order valence-electron chi connectivity index (χ3n) is 17.2. The molecule has 0 unspecified atom stereocenters. The Labute approximate surface area is 613 Å². The molecule has 0 atom stereocenters. The fourth-order valence-corrected chi connectivity index (χ4v) is 11.7. The molecule has 4 aliphatic rings. The van der Waals surface area contributed by atoms with Gasteiger partial charge in [0.05, 0.1) is 61.8 Å². The van der Waals surface area contributed by atoms with Crippen LogP contribution >= 0.6 is 0 Å². The summed E-state index contributed by atoms with van der Waals surface area (Å²) in [6.45, 7) is 31.7. The Kier molecular flexibility index (Phi) is 24.6. The van der Waals surface area contributed by atoms with Gasteiger partial charge in [0.1, 0.15) is 17.8 Å². The number of fused-ring (bicyclic) bond motifs is 4. The van der Waals surface area contributed by atoms with Gasteiger partial charge in [-0.15, -0.1) is 5.56 Å². The number of aryl methyl sites for hydroxylation is 4. The van der Waals surface area contributed by atoms with Crippen LogP contribution in [0.25, 0.3) is 34.0 Å². The summed E-state index contributed by atoms with van der Waals surface area (Å²) in [4.78, 5) is 71.8. The first-order chi connectivity index (χ1) is 44.8. The average Bonchev–Trinajstić information content (AvgIpc) is 1.62. The molecule has 8 heterocycles. The topological polar surface area (TPSA) is 213 Å². The van der Waals surface area contributed by atoms with E-state index in [-0.39, 0.29) is 89.0 Å². The molecule has 0 saturated carbocycles. The second-order valence-electron chi connectivity index (χ2n) is 24.9. The number of amides is 4. The van der Waals surface area contributed by atoms with Crippen molar-refractivity contribution in [1.82, 2.24) is 19.9 Å². The van der Waals surface area contributed by atoms with Crippen LogP contribution in [0.5, 0.6) is 11.5 Å². The van der Waals surface area contributed by atoms with E-state index in [0.717, 1.165) is 96.0 Å². The van der Waals surface area contributed by atoms with Crippen molar-refractivity contribution >= 4 is 46.4 Å². The second kappa shape index (κ2) is 31.4. The average molecular weight is 1450 g/mol. The molecular weight excluding hydrogens is 1360 g/mol. The van der Waals surface area contributed by atoms with Crippen LogP contribution < -0.4 is 29.5 Å². The Morgan fingerprint density at radius 2 is 0.885 bits per heavy atom. The minimum absolute atomic E-state index is 0. The van der Waals surface area contributed by atoms with Crippen LogP contribution in [0.4, 0.5) is 22.7 Å². The molecule has 2 radical (unpaired) electrons. The standard InChI is InChI=1S/C22H22N2O3.C18H18NO2.C16H18N2O2.C14H14N2O2.C4H5NO.C2H5.2Y/c1-14-23-12-20(27-14)16-7-10-18-19(11-16)24(21(25)22(18,2)3)13-15-5-8-17(26-4)9-6-15;1-18(2)15-6-4-5-7-16(15)19(17(18)20)12-13-8-10-14(21-3)11-9-13;1-5-18-13-8-11(14-9-17-10(2)20-14)6-7-12(13)16(3,4)15(18)19;1-8-15-7-12(18-8)9-4-5-10-11(6-9)16-13(17)14(10,2)3;1-4-5-2-3-6-4;1-2;;/h5-12H,13H2,1-4H3;4,6-11H,12H2,1-3H3;6-9H,5H2,1-4H3;4-7H,1-3H3,(H,16,17);2-3H,1H3;1H2,2H3;;/q;-1;;;;-1;;. The number of ether oxygens (including phenoxy) is 2. The number of likely N-dealkylation sites (N-methyl/N-ethyl adjacent to an activating group) is 1. The summed E-state index contributed by atoms with van der Waals surface area (Å²) in [5.41, 5.74) is 10.9. The molecule has 4 amide bonds. The van der Waals surface area contributed by atoms with Crippen molar-refractivity contribution in [3.63, 3.8) is 0 Å². The van der Waals surface area contributed by atoms with Crippen molar-refractivity contribution in [1.29, 1.82) is 0 Å². The van der Waals surface area contributed by atoms with Crippen molar-refractivity contribution in [2.45, 2.75) is 132 Å². The zero-order valence-electron chi connectivity index (χ0n) is 57.6. The molecule has 1 N–H and O–H groups in total. The molecule has 4 aromatic heterocycles. The van der Waals surface area contributed by atoms with E-state index in [4.69, 9.17) is 27.1 Å². The number of carbonyl (C=O) groups excluding carboxylic acids is 4. The van der Waals surface area contributed by atoms with Crippen LogP contribution in [0, 0.1) is 40.7 Å². The summed E-state index contributed by atoms with van der Waals surface area (Å²) < 4.78 is 31.8. The van der Waals surface area contributed by atoms with Gasteiger partial charge in [0.25, 0.3) is 0 Å². The van der Waals surface area contributed by atoms with Crippen LogP contribution in [-0.2, 0) is 119 Å². The molecule has 6 aromatic carbocycles. The molecule has 14 rings (SSSR count). The number of anilines is 4. The number of aromatic nitrogens is 4. The Bertz CT molecular complexity index is 4340. The first-order valence-electron chi connectivity index (χ1n) is 31.1. The van der Waals surface area contributed by atoms with Crippen LogP contribution in [0.3, 0.4) is 0 Å². The number of nitrogens with one attached hydrogen (secondary N) is 1. The fourth-order valence-electron chi connectivity index (χ4n) is 11.7. The van der Waals surface area contributed by atoms with Gasteiger partial charge in [-0.3, -0.25) is 19.2 Å². The third-order valence-corrected chi connectivity index (χ3v) is 17.2. The SMILES string of the molecule is CCN1C(=O)C(C)(C)c2ccc(-c3cnc(C)o3)cc21.COc1ccc(CN2C(=O)C(C)(C)c3cc[c-]cc32)cc1.COc1ccc(CN2C(=O)C(C)(C)c3ccc(-c4cnc(C)o4)cc32)cc1.Cc1ncc(-c2ccc3c(c2)NC(=O)C3(C)C)o1.Cc1ncco1.[CH2-]C.[Y].[Y]. The van der Waals surface area contributed by atoms with E-state index in [9.17, 15) is 19.2 Å². The van der Waals surface area contributed by atoms with Gasteiger partial charge in [0.2, 0.25) is 23.6 Å². The van der Waals surface area contributed by atoms with Gasteiger partial charge in [-0.1, -0.05) is 66.4 Å². The van der Waals surface area contributed by atoms with Gasteiger partial charge in [-0.05, 0) is 133 Å². The summed E-state index contributed by atoms with van der Waals surface area (Å²) in [7, 11) is 3.29. The normalized spacial score (nSPS) is 14.9. The van der Waals surface area contributed by atoms with Gasteiger partial charge >= 0.3 is 0 Å². The summed E-state index contributed by atoms with van der Waals surface area (Å²) >= 11 is 0. The predicted octanol–water partition coefficient (Wildman–Crippen LogP) is 15.8. The Balaban J connectivity index is 0.000000174. The van der Waals surface area contributed by atoms with Gasteiger partial charge in [0, 0.05) is 145 Å². The molecular formula is C76H82N8O10Y2-2. The van der Waals surface area contributed by atoms with E-state index in [1.807, 2.05) is 219 Å². The first kappa shape index (κ1) is 75.2. The van der Waals surface area contributed by atoms with Crippen molar-refractivity contribution in [3.8, 4) is 45.5 Å². The summed E-state index contributed by atoms with van der Waals surface area (Å²) in [6.07, 6.45) is 8.30. The van der Waals surface area contributed by atoms with Crippen LogP contribution in [0.15, 0.2) is 170 Å². The Morgan fingerprint density at radius 1 is 0.490 bits per heavy atom. The molecule has 4 aliphatic heterocycles. The fraction of sp³-hybridized carbons (Fsp3) is 0.303. The molecule has 96 heavy (non-hydrogen) atoms. The molecule has 20 heteroatoms. The Hall–Kier alpha value is -8.15. The van der Waals surface area contributed by atoms with Gasteiger partial charge in [0.15, 0.2) is 40.8 Å². The number of oxazole rings is 4. The van der Waals surface area contributed by atoms with Crippen LogP contribution in [-0.4, -0.2) is 64.3 Å².